The van der Waals surface area contributed by atoms with Gasteiger partial charge in [0.2, 0.25) is 5.91 Å². The first-order chi connectivity index (χ1) is 5.22. The minimum absolute atomic E-state index is 0.0391. The van der Waals surface area contributed by atoms with Gasteiger partial charge in [0.15, 0.2) is 0 Å². The molecule has 0 atom stereocenters. The third-order valence-corrected chi connectivity index (χ3v) is 1.61. The molecule has 3 nitrogen and oxygen atoms in total. The molecule has 0 saturated carbocycles. The molecular formula is C7H14ClNO2. The van der Waals surface area contributed by atoms with Crippen LogP contribution in [0.5, 0.6) is 0 Å². The average Bonchev–Trinajstić information content (AvgIpc) is 2.03. The Kier molecular flexibility index (Phi) is 6.27. The molecule has 66 valence electrons. The molecule has 0 radical (unpaired) electrons. The van der Waals surface area contributed by atoms with Crippen LogP contribution in [0.25, 0.3) is 0 Å². The Labute approximate surface area is 72.3 Å². The van der Waals surface area contributed by atoms with Crippen LogP contribution < -0.4 is 0 Å². The number of carbonyl (C=O) groups is 1. The lowest BCUT2D eigenvalue weighted by Crippen LogP contribution is -2.29. The van der Waals surface area contributed by atoms with E-state index in [1.165, 1.54) is 0 Å². The van der Waals surface area contributed by atoms with Crippen molar-refractivity contribution < 1.29 is 9.53 Å². The van der Waals surface area contributed by atoms with Gasteiger partial charge in [0.1, 0.15) is 5.88 Å². The molecule has 0 N–H and O–H groups in total. The van der Waals surface area contributed by atoms with Crippen molar-refractivity contribution in [3.05, 3.63) is 0 Å². The first-order valence-electron chi connectivity index (χ1n) is 3.51. The highest BCUT2D eigenvalue weighted by Crippen LogP contribution is 1.90. The number of ether oxygens (including phenoxy) is 1. The number of methoxy groups -OCH3 is 1. The SMILES string of the molecule is COCCCN(C)C(=O)CCl. The van der Waals surface area contributed by atoms with Gasteiger partial charge < -0.3 is 9.64 Å². The molecule has 0 aromatic carbocycles. The summed E-state index contributed by atoms with van der Waals surface area (Å²) in [6.07, 6.45) is 0.857. The van der Waals surface area contributed by atoms with Crippen LogP contribution in [0.3, 0.4) is 0 Å². The van der Waals surface area contributed by atoms with E-state index in [0.29, 0.717) is 13.2 Å². The predicted molar refractivity (Wildman–Crippen MR) is 44.9 cm³/mol. The second-order valence-electron chi connectivity index (χ2n) is 2.30. The third-order valence-electron chi connectivity index (χ3n) is 1.38. The molecule has 4 heteroatoms. The van der Waals surface area contributed by atoms with Crippen molar-refractivity contribution in [3.8, 4) is 0 Å². The summed E-state index contributed by atoms with van der Waals surface area (Å²) >= 11 is 5.34. The molecule has 0 aliphatic rings. The lowest BCUT2D eigenvalue weighted by Gasteiger charge is -2.14. The maximum absolute atomic E-state index is 10.9. The summed E-state index contributed by atoms with van der Waals surface area (Å²) in [6, 6.07) is 0. The topological polar surface area (TPSA) is 29.5 Å². The van der Waals surface area contributed by atoms with E-state index in [2.05, 4.69) is 0 Å². The van der Waals surface area contributed by atoms with Crippen LogP contribution >= 0.6 is 11.6 Å². The van der Waals surface area contributed by atoms with Crippen LogP contribution in [-0.2, 0) is 9.53 Å². The fourth-order valence-corrected chi connectivity index (χ4v) is 0.877. The minimum Gasteiger partial charge on any atom is -0.385 e. The van der Waals surface area contributed by atoms with Gasteiger partial charge in [-0.25, -0.2) is 0 Å². The lowest BCUT2D eigenvalue weighted by molar-refractivity contribution is -0.127. The largest absolute Gasteiger partial charge is 0.385 e. The van der Waals surface area contributed by atoms with E-state index in [-0.39, 0.29) is 11.8 Å². The molecule has 0 rings (SSSR count). The van der Waals surface area contributed by atoms with Gasteiger partial charge in [-0.2, -0.15) is 0 Å². The van der Waals surface area contributed by atoms with Gasteiger partial charge in [-0.3, -0.25) is 4.79 Å². The van der Waals surface area contributed by atoms with Gasteiger partial charge in [0, 0.05) is 27.3 Å². The first kappa shape index (κ1) is 10.7. The smallest absolute Gasteiger partial charge is 0.237 e. The fourth-order valence-electron chi connectivity index (χ4n) is 0.673. The Morgan fingerprint density at radius 2 is 2.27 bits per heavy atom. The number of nitrogens with zero attached hydrogens (tertiary/aromatic N) is 1. The van der Waals surface area contributed by atoms with E-state index in [9.17, 15) is 4.79 Å². The molecule has 0 aromatic heterocycles. The Morgan fingerprint density at radius 3 is 2.73 bits per heavy atom. The highest BCUT2D eigenvalue weighted by atomic mass is 35.5. The van der Waals surface area contributed by atoms with Crippen LogP contribution in [0.2, 0.25) is 0 Å². The summed E-state index contributed by atoms with van der Waals surface area (Å²) in [5, 5.41) is 0. The summed E-state index contributed by atoms with van der Waals surface area (Å²) in [7, 11) is 3.38. The average molecular weight is 180 g/mol. The second-order valence-corrected chi connectivity index (χ2v) is 2.56. The van der Waals surface area contributed by atoms with Crippen LogP contribution in [-0.4, -0.2) is 44.0 Å². The zero-order chi connectivity index (χ0) is 8.69. The summed E-state index contributed by atoms with van der Waals surface area (Å²) in [5.41, 5.74) is 0. The molecule has 0 aliphatic carbocycles. The summed E-state index contributed by atoms with van der Waals surface area (Å²) in [5.74, 6) is 0.0199. The van der Waals surface area contributed by atoms with E-state index >= 15 is 0 Å². The molecular weight excluding hydrogens is 166 g/mol. The standard InChI is InChI=1S/C7H14ClNO2/c1-9(7(10)6-8)4-3-5-11-2/h3-6H2,1-2H3. The molecule has 11 heavy (non-hydrogen) atoms. The summed E-state index contributed by atoms with van der Waals surface area (Å²) in [4.78, 5) is 12.5. The molecule has 0 unspecified atom stereocenters. The van der Waals surface area contributed by atoms with Crippen molar-refractivity contribution in [3.63, 3.8) is 0 Å². The molecule has 1 amide bonds. The van der Waals surface area contributed by atoms with Crippen LogP contribution in [0, 0.1) is 0 Å². The van der Waals surface area contributed by atoms with Crippen molar-refractivity contribution in [2.24, 2.45) is 0 Å². The lowest BCUT2D eigenvalue weighted by atomic mass is 10.4. The van der Waals surface area contributed by atoms with Crippen molar-refractivity contribution in [1.82, 2.24) is 4.90 Å². The number of halogens is 1. The van der Waals surface area contributed by atoms with Gasteiger partial charge in [-0.05, 0) is 6.42 Å². The van der Waals surface area contributed by atoms with Gasteiger partial charge in [-0.1, -0.05) is 0 Å². The molecule has 0 saturated heterocycles. The molecule has 0 aromatic rings. The van der Waals surface area contributed by atoms with E-state index in [0.717, 1.165) is 6.42 Å². The minimum atomic E-state index is -0.0391. The maximum Gasteiger partial charge on any atom is 0.237 e. The monoisotopic (exact) mass is 179 g/mol. The number of carbonyl (C=O) groups excluding carboxylic acids is 1. The summed E-state index contributed by atoms with van der Waals surface area (Å²) in [6.45, 7) is 1.39. The highest BCUT2D eigenvalue weighted by Gasteiger charge is 2.04. The Morgan fingerprint density at radius 1 is 1.64 bits per heavy atom. The summed E-state index contributed by atoms with van der Waals surface area (Å²) < 4.78 is 4.83. The van der Waals surface area contributed by atoms with E-state index in [1.54, 1.807) is 19.1 Å². The number of alkyl halides is 1. The van der Waals surface area contributed by atoms with Gasteiger partial charge in [0.05, 0.1) is 0 Å². The van der Waals surface area contributed by atoms with E-state index < -0.39 is 0 Å². The van der Waals surface area contributed by atoms with Crippen LogP contribution in [0.1, 0.15) is 6.42 Å². The normalized spacial score (nSPS) is 9.73. The molecule has 0 fully saturated rings. The van der Waals surface area contributed by atoms with Gasteiger partial charge in [0.25, 0.3) is 0 Å². The number of amides is 1. The van der Waals surface area contributed by atoms with Crippen molar-refractivity contribution >= 4 is 17.5 Å². The Bertz CT molecular complexity index is 119. The van der Waals surface area contributed by atoms with Crippen molar-refractivity contribution in [2.75, 3.05) is 33.2 Å². The molecule has 0 bridgehead atoms. The molecule has 0 heterocycles. The number of hydrogen-bond acceptors (Lipinski definition) is 2. The van der Waals surface area contributed by atoms with Gasteiger partial charge >= 0.3 is 0 Å². The fraction of sp³-hybridized carbons (Fsp3) is 0.857. The van der Waals surface area contributed by atoms with Crippen LogP contribution in [0.4, 0.5) is 0 Å². The zero-order valence-corrected chi connectivity index (χ0v) is 7.73. The molecule has 0 aliphatic heterocycles. The number of rotatable bonds is 5. The molecule has 0 spiro atoms. The number of hydrogen-bond donors (Lipinski definition) is 0. The third kappa shape index (κ3) is 5.04. The highest BCUT2D eigenvalue weighted by molar-refractivity contribution is 6.27. The van der Waals surface area contributed by atoms with E-state index in [4.69, 9.17) is 16.3 Å². The van der Waals surface area contributed by atoms with Gasteiger partial charge in [-0.15, -0.1) is 11.6 Å². The van der Waals surface area contributed by atoms with Crippen molar-refractivity contribution in [1.29, 1.82) is 0 Å². The van der Waals surface area contributed by atoms with E-state index in [1.807, 2.05) is 0 Å². The predicted octanol–water partition coefficient (Wildman–Crippen LogP) is 0.720. The van der Waals surface area contributed by atoms with Crippen molar-refractivity contribution in [2.45, 2.75) is 6.42 Å². The first-order valence-corrected chi connectivity index (χ1v) is 4.04. The maximum atomic E-state index is 10.9. The van der Waals surface area contributed by atoms with Crippen LogP contribution in [0.15, 0.2) is 0 Å². The zero-order valence-electron chi connectivity index (χ0n) is 6.97. The quantitative estimate of drug-likeness (QED) is 0.460. The Balaban J connectivity index is 3.36. The second kappa shape index (κ2) is 6.43. The Hall–Kier alpha value is -0.280.